The summed E-state index contributed by atoms with van der Waals surface area (Å²) in [7, 11) is 0. The molecular weight excluding hydrogens is 362 g/mol. The van der Waals surface area contributed by atoms with Crippen molar-refractivity contribution in [1.82, 2.24) is 4.98 Å². The van der Waals surface area contributed by atoms with Gasteiger partial charge < -0.3 is 9.47 Å². The van der Waals surface area contributed by atoms with E-state index in [0.29, 0.717) is 18.2 Å². The van der Waals surface area contributed by atoms with Crippen molar-refractivity contribution in [2.75, 3.05) is 13.2 Å². The van der Waals surface area contributed by atoms with Gasteiger partial charge in [-0.05, 0) is 40.2 Å². The summed E-state index contributed by atoms with van der Waals surface area (Å²) < 4.78 is 12.2. The van der Waals surface area contributed by atoms with Crippen LogP contribution in [0.15, 0.2) is 44.9 Å². The van der Waals surface area contributed by atoms with E-state index < -0.39 is 0 Å². The largest absolute Gasteiger partial charge is 0.490 e. The first-order valence-corrected chi connectivity index (χ1v) is 8.10. The van der Waals surface area contributed by atoms with Crippen LogP contribution in [-0.4, -0.2) is 18.2 Å². The lowest BCUT2D eigenvalue weighted by molar-refractivity contribution is 0.297. The smallest absolute Gasteiger partial charge is 0.162 e. The fraction of sp³-hybridized carbons (Fsp3) is 0.214. The fourth-order valence-electron chi connectivity index (χ4n) is 1.80. The molecule has 0 saturated heterocycles. The average Bonchev–Trinajstić information content (AvgIpc) is 2.66. The first-order chi connectivity index (χ1) is 9.72. The highest BCUT2D eigenvalue weighted by Gasteiger charge is 2.12. The number of pyridine rings is 1. The third kappa shape index (κ3) is 3.22. The molecule has 1 aliphatic rings. The number of fused-ring (bicyclic) bond motifs is 1. The molecule has 0 unspecified atom stereocenters. The van der Waals surface area contributed by atoms with Gasteiger partial charge in [-0.3, -0.25) is 0 Å². The minimum atomic E-state index is 0.622. The van der Waals surface area contributed by atoms with Crippen LogP contribution >= 0.6 is 39.3 Å². The van der Waals surface area contributed by atoms with Crippen LogP contribution in [0.25, 0.3) is 0 Å². The van der Waals surface area contributed by atoms with Crippen LogP contribution in [-0.2, 0) is 0 Å². The van der Waals surface area contributed by atoms with Crippen molar-refractivity contribution >= 4 is 39.3 Å². The van der Waals surface area contributed by atoms with E-state index in [1.165, 1.54) is 11.8 Å². The van der Waals surface area contributed by atoms with Gasteiger partial charge in [-0.15, -0.1) is 0 Å². The van der Waals surface area contributed by atoms with Crippen LogP contribution in [0.4, 0.5) is 0 Å². The average molecular weight is 373 g/mol. The number of aromatic nitrogens is 1. The molecule has 1 aromatic carbocycles. The number of rotatable bonds is 2. The number of nitrogens with zero attached hydrogens (tertiary/aromatic N) is 1. The summed E-state index contributed by atoms with van der Waals surface area (Å²) in [5.41, 5.74) is 0. The molecule has 1 aliphatic heterocycles. The van der Waals surface area contributed by atoms with Crippen molar-refractivity contribution in [2.24, 2.45) is 0 Å². The lowest BCUT2D eigenvalue weighted by Gasteiger charge is -2.09. The predicted molar refractivity (Wildman–Crippen MR) is 83.1 cm³/mol. The van der Waals surface area contributed by atoms with Gasteiger partial charge in [0.2, 0.25) is 0 Å². The quantitative estimate of drug-likeness (QED) is 0.757. The molecule has 6 heteroatoms. The van der Waals surface area contributed by atoms with Gasteiger partial charge in [0.25, 0.3) is 0 Å². The van der Waals surface area contributed by atoms with Gasteiger partial charge in [0, 0.05) is 22.0 Å². The summed E-state index contributed by atoms with van der Waals surface area (Å²) in [6.45, 7) is 1.37. The Hall–Kier alpha value is -0.910. The summed E-state index contributed by atoms with van der Waals surface area (Å²) >= 11 is 11.0. The molecule has 3 nitrogen and oxygen atoms in total. The molecule has 0 N–H and O–H groups in total. The van der Waals surface area contributed by atoms with Crippen LogP contribution < -0.4 is 9.47 Å². The van der Waals surface area contributed by atoms with Crippen LogP contribution in [0.3, 0.4) is 0 Å². The maximum Gasteiger partial charge on any atom is 0.162 e. The lowest BCUT2D eigenvalue weighted by Crippen LogP contribution is -1.97. The summed E-state index contributed by atoms with van der Waals surface area (Å²) in [4.78, 5) is 5.34. The van der Waals surface area contributed by atoms with Crippen LogP contribution in [0.5, 0.6) is 11.5 Å². The van der Waals surface area contributed by atoms with Crippen LogP contribution in [0.2, 0.25) is 5.02 Å². The van der Waals surface area contributed by atoms with E-state index in [9.17, 15) is 0 Å². The lowest BCUT2D eigenvalue weighted by atomic mass is 10.3. The summed E-state index contributed by atoms with van der Waals surface area (Å²) in [6.07, 6.45) is 2.63. The Kier molecular flexibility index (Phi) is 4.38. The van der Waals surface area contributed by atoms with E-state index in [1.54, 1.807) is 6.20 Å². The Bertz CT molecular complexity index is 639. The molecule has 0 radical (unpaired) electrons. The zero-order chi connectivity index (χ0) is 13.9. The molecule has 0 atom stereocenters. The van der Waals surface area contributed by atoms with Crippen molar-refractivity contribution in [3.8, 4) is 11.5 Å². The Morgan fingerprint density at radius 3 is 2.75 bits per heavy atom. The van der Waals surface area contributed by atoms with Crippen LogP contribution in [0.1, 0.15) is 6.42 Å². The summed E-state index contributed by atoms with van der Waals surface area (Å²) in [6, 6.07) is 7.71. The second-order valence-corrected chi connectivity index (χ2v) is 6.59. The molecule has 2 aromatic rings. The highest BCUT2D eigenvalue weighted by molar-refractivity contribution is 9.10. The van der Waals surface area contributed by atoms with Crippen molar-refractivity contribution in [3.63, 3.8) is 0 Å². The molecule has 3 rings (SSSR count). The number of ether oxygens (including phenoxy) is 2. The number of halogens is 2. The molecule has 1 aromatic heterocycles. The summed E-state index contributed by atoms with van der Waals surface area (Å²) in [5.74, 6) is 1.57. The molecule has 104 valence electrons. The van der Waals surface area contributed by atoms with Gasteiger partial charge in [0.15, 0.2) is 11.5 Å². The van der Waals surface area contributed by atoms with E-state index >= 15 is 0 Å². The molecule has 0 spiro atoms. The Labute approximate surface area is 134 Å². The van der Waals surface area contributed by atoms with Crippen molar-refractivity contribution in [1.29, 1.82) is 0 Å². The molecule has 0 amide bonds. The minimum Gasteiger partial charge on any atom is -0.490 e. The Morgan fingerprint density at radius 2 is 1.95 bits per heavy atom. The fourth-order valence-corrected chi connectivity index (χ4v) is 3.33. The van der Waals surface area contributed by atoms with E-state index in [1.807, 2.05) is 24.3 Å². The number of hydrogen-bond acceptors (Lipinski definition) is 4. The van der Waals surface area contributed by atoms with Gasteiger partial charge in [0.05, 0.1) is 18.2 Å². The van der Waals surface area contributed by atoms with E-state index in [-0.39, 0.29) is 0 Å². The molecule has 20 heavy (non-hydrogen) atoms. The van der Waals surface area contributed by atoms with Gasteiger partial charge in [0.1, 0.15) is 5.03 Å². The van der Waals surface area contributed by atoms with Crippen LogP contribution in [0, 0.1) is 0 Å². The SMILES string of the molecule is Clc1cc(Br)cnc1Sc1ccc2c(c1)OCCCO2. The maximum atomic E-state index is 6.18. The van der Waals surface area contributed by atoms with Crippen molar-refractivity contribution in [3.05, 3.63) is 40.0 Å². The second-order valence-electron chi connectivity index (χ2n) is 4.20. The molecule has 0 aliphatic carbocycles. The molecular formula is C14H11BrClNO2S. The molecule has 0 fully saturated rings. The maximum absolute atomic E-state index is 6.18. The Balaban J connectivity index is 1.86. The van der Waals surface area contributed by atoms with E-state index in [0.717, 1.165) is 32.3 Å². The van der Waals surface area contributed by atoms with E-state index in [2.05, 4.69) is 20.9 Å². The topological polar surface area (TPSA) is 31.4 Å². The molecule has 0 bridgehead atoms. The first-order valence-electron chi connectivity index (χ1n) is 6.11. The highest BCUT2D eigenvalue weighted by atomic mass is 79.9. The number of benzene rings is 1. The van der Waals surface area contributed by atoms with Crippen molar-refractivity contribution < 1.29 is 9.47 Å². The summed E-state index contributed by atoms with van der Waals surface area (Å²) in [5, 5.41) is 1.39. The van der Waals surface area contributed by atoms with Gasteiger partial charge in [-0.2, -0.15) is 0 Å². The van der Waals surface area contributed by atoms with Gasteiger partial charge in [-0.25, -0.2) is 4.98 Å². The third-order valence-electron chi connectivity index (χ3n) is 2.71. The minimum absolute atomic E-state index is 0.622. The first kappa shape index (κ1) is 14.0. The number of hydrogen-bond donors (Lipinski definition) is 0. The monoisotopic (exact) mass is 371 g/mol. The highest BCUT2D eigenvalue weighted by Crippen LogP contribution is 2.38. The third-order valence-corrected chi connectivity index (χ3v) is 4.55. The van der Waals surface area contributed by atoms with Gasteiger partial charge in [-0.1, -0.05) is 23.4 Å². The molecule has 0 saturated carbocycles. The van der Waals surface area contributed by atoms with Gasteiger partial charge >= 0.3 is 0 Å². The standard InChI is InChI=1S/C14H11BrClNO2S/c15-9-6-11(16)14(17-8-9)20-10-2-3-12-13(7-10)19-5-1-4-18-12/h2-3,6-8H,1,4-5H2. The molecule has 2 heterocycles. The Morgan fingerprint density at radius 1 is 1.15 bits per heavy atom. The van der Waals surface area contributed by atoms with Crippen molar-refractivity contribution in [2.45, 2.75) is 16.3 Å². The van der Waals surface area contributed by atoms with E-state index in [4.69, 9.17) is 21.1 Å². The zero-order valence-electron chi connectivity index (χ0n) is 10.4. The second kappa shape index (κ2) is 6.24. The normalized spacial score (nSPS) is 13.9. The predicted octanol–water partition coefficient (Wildman–Crippen LogP) is 4.81. The zero-order valence-corrected chi connectivity index (χ0v) is 13.6.